The number of anilines is 2. The van der Waals surface area contributed by atoms with E-state index in [1.165, 1.54) is 0 Å². The highest BCUT2D eigenvalue weighted by molar-refractivity contribution is 8.24. The number of rotatable bonds is 9. The molecule has 1 amide bonds. The lowest BCUT2D eigenvalue weighted by atomic mass is 10.1. The minimum atomic E-state index is -3.38. The molecule has 11 nitrogen and oxygen atoms in total. The molecule has 1 aliphatic heterocycles. The number of ether oxygens (including phenoxy) is 2. The van der Waals surface area contributed by atoms with Crippen LogP contribution in [0.4, 0.5) is 11.5 Å². The largest absolute Gasteiger partial charge is 0.490 e. The third-order valence-electron chi connectivity index (χ3n) is 4.43. The first-order valence-electron chi connectivity index (χ1n) is 9.79. The van der Waals surface area contributed by atoms with Crippen LogP contribution in [-0.4, -0.2) is 58.2 Å². The highest BCUT2D eigenvalue weighted by Crippen LogP contribution is 2.46. The third kappa shape index (κ3) is 6.01. The summed E-state index contributed by atoms with van der Waals surface area (Å²) >= 11 is 0. The quantitative estimate of drug-likeness (QED) is 0.306. The van der Waals surface area contributed by atoms with E-state index in [-0.39, 0.29) is 18.3 Å². The van der Waals surface area contributed by atoms with Crippen molar-refractivity contribution in [1.82, 2.24) is 10.3 Å². The molecule has 0 fully saturated rings. The van der Waals surface area contributed by atoms with Crippen molar-refractivity contribution in [3.05, 3.63) is 47.7 Å². The summed E-state index contributed by atoms with van der Waals surface area (Å²) in [7, 11) is -1.77. The van der Waals surface area contributed by atoms with Crippen molar-refractivity contribution in [2.75, 3.05) is 36.9 Å². The summed E-state index contributed by atoms with van der Waals surface area (Å²) in [5.74, 6) is 0.666. The van der Waals surface area contributed by atoms with E-state index in [4.69, 9.17) is 15.2 Å². The standard InChI is InChI=1S/C20H28N6O5S/c1-20(2,24-19(27)13-7-8-22-16(11-13)23-9-10-30-3)12-31-15-6-4-5-14-17(15)18(21)26-32(28,29)25-14/h4-8,11,25,28-29H,9-10,12H2,1-3H3,(H2,21,26)(H,22,23)(H,24,27). The second kappa shape index (κ2) is 9.61. The highest BCUT2D eigenvalue weighted by atomic mass is 32.3. The summed E-state index contributed by atoms with van der Waals surface area (Å²) in [6, 6.07) is 8.32. The van der Waals surface area contributed by atoms with Gasteiger partial charge in [-0.1, -0.05) is 6.07 Å². The molecular formula is C20H28N6O5S. The Labute approximate surface area is 188 Å². The average Bonchev–Trinajstić information content (AvgIpc) is 2.71. The Morgan fingerprint density at radius 3 is 2.84 bits per heavy atom. The van der Waals surface area contributed by atoms with Crippen molar-refractivity contribution in [2.45, 2.75) is 19.4 Å². The van der Waals surface area contributed by atoms with Crippen molar-refractivity contribution in [1.29, 1.82) is 0 Å². The van der Waals surface area contributed by atoms with E-state index in [1.54, 1.807) is 43.6 Å². The predicted molar refractivity (Wildman–Crippen MR) is 125 cm³/mol. The van der Waals surface area contributed by atoms with Gasteiger partial charge in [0.2, 0.25) is 0 Å². The van der Waals surface area contributed by atoms with Gasteiger partial charge in [-0.25, -0.2) is 4.98 Å². The molecule has 3 rings (SSSR count). The molecule has 1 aromatic heterocycles. The Balaban J connectivity index is 1.66. The number of amidine groups is 1. The Hall–Kier alpha value is -3.06. The number of nitrogens with one attached hydrogen (secondary N) is 3. The molecule has 0 radical (unpaired) electrons. The Morgan fingerprint density at radius 2 is 2.09 bits per heavy atom. The van der Waals surface area contributed by atoms with E-state index in [0.29, 0.717) is 41.5 Å². The van der Waals surface area contributed by atoms with Crippen LogP contribution in [0.2, 0.25) is 0 Å². The summed E-state index contributed by atoms with van der Waals surface area (Å²) in [6.07, 6.45) is 1.56. The van der Waals surface area contributed by atoms with Gasteiger partial charge in [0, 0.05) is 25.4 Å². The van der Waals surface area contributed by atoms with Gasteiger partial charge >= 0.3 is 0 Å². The fourth-order valence-corrected chi connectivity index (χ4v) is 3.85. The van der Waals surface area contributed by atoms with E-state index >= 15 is 0 Å². The number of nitrogens with zero attached hydrogens (tertiary/aromatic N) is 2. The van der Waals surface area contributed by atoms with Crippen LogP contribution in [-0.2, 0) is 4.74 Å². The molecule has 1 aliphatic rings. The molecule has 32 heavy (non-hydrogen) atoms. The molecule has 0 aliphatic carbocycles. The SMILES string of the molecule is COCCNc1cc(C(=O)NC(C)(C)COc2cccc3c2C(N)=NS(O)(O)N3)ccn1. The molecule has 2 aromatic rings. The number of methoxy groups -OCH3 is 1. The van der Waals surface area contributed by atoms with Crippen LogP contribution in [0.5, 0.6) is 5.75 Å². The average molecular weight is 465 g/mol. The number of benzene rings is 1. The number of amides is 1. The number of pyridine rings is 1. The van der Waals surface area contributed by atoms with Crippen LogP contribution in [0.3, 0.4) is 0 Å². The minimum Gasteiger partial charge on any atom is -0.490 e. The molecule has 174 valence electrons. The number of carbonyl (C=O) groups excluding carboxylic acids is 1. The van der Waals surface area contributed by atoms with E-state index < -0.39 is 16.5 Å². The van der Waals surface area contributed by atoms with Crippen LogP contribution in [0.15, 0.2) is 40.9 Å². The predicted octanol–water partition coefficient (Wildman–Crippen LogP) is 2.44. The molecule has 0 spiro atoms. The van der Waals surface area contributed by atoms with Crippen molar-refractivity contribution in [3.8, 4) is 5.75 Å². The molecule has 0 saturated carbocycles. The van der Waals surface area contributed by atoms with Crippen molar-refractivity contribution < 1.29 is 23.4 Å². The topological polar surface area (TPSA) is 163 Å². The number of carbonyl (C=O) groups is 1. The summed E-state index contributed by atoms with van der Waals surface area (Å²) in [6.45, 7) is 4.88. The van der Waals surface area contributed by atoms with Crippen LogP contribution < -0.4 is 25.8 Å². The molecule has 0 saturated heterocycles. The van der Waals surface area contributed by atoms with Crippen molar-refractivity contribution >= 4 is 34.2 Å². The summed E-state index contributed by atoms with van der Waals surface area (Å²) < 4.78 is 36.7. The normalized spacial score (nSPS) is 15.6. The van der Waals surface area contributed by atoms with Crippen molar-refractivity contribution in [3.63, 3.8) is 0 Å². The first kappa shape index (κ1) is 23.6. The smallest absolute Gasteiger partial charge is 0.252 e. The van der Waals surface area contributed by atoms with Gasteiger partial charge in [-0.15, -0.1) is 4.40 Å². The molecule has 2 heterocycles. The van der Waals surface area contributed by atoms with Crippen LogP contribution in [0.25, 0.3) is 0 Å². The van der Waals surface area contributed by atoms with E-state index in [0.717, 1.165) is 0 Å². The molecular weight excluding hydrogens is 436 g/mol. The molecule has 1 aromatic carbocycles. The van der Waals surface area contributed by atoms with Gasteiger partial charge in [0.05, 0.1) is 23.4 Å². The third-order valence-corrected chi connectivity index (χ3v) is 5.37. The monoisotopic (exact) mass is 464 g/mol. The van der Waals surface area contributed by atoms with Crippen LogP contribution in [0.1, 0.15) is 29.8 Å². The maximum absolute atomic E-state index is 12.8. The Morgan fingerprint density at radius 1 is 1.31 bits per heavy atom. The minimum absolute atomic E-state index is 0.0403. The van der Waals surface area contributed by atoms with E-state index in [1.807, 2.05) is 13.8 Å². The van der Waals surface area contributed by atoms with Crippen LogP contribution in [0, 0.1) is 0 Å². The van der Waals surface area contributed by atoms with Gasteiger partial charge in [0.1, 0.15) is 18.2 Å². The Bertz CT molecular complexity index is 1010. The summed E-state index contributed by atoms with van der Waals surface area (Å²) in [4.78, 5) is 17.0. The number of nitrogens with two attached hydrogens (primary N) is 1. The van der Waals surface area contributed by atoms with Crippen molar-refractivity contribution in [2.24, 2.45) is 10.1 Å². The second-order valence-electron chi connectivity index (χ2n) is 7.75. The Kier molecular flexibility index (Phi) is 7.09. The number of fused-ring (bicyclic) bond motifs is 1. The lowest BCUT2D eigenvalue weighted by Crippen LogP contribution is -2.48. The summed E-state index contributed by atoms with van der Waals surface area (Å²) in [5, 5.41) is 6.03. The maximum Gasteiger partial charge on any atom is 0.252 e. The zero-order chi connectivity index (χ0) is 23.4. The summed E-state index contributed by atoms with van der Waals surface area (Å²) in [5.41, 5.74) is 6.48. The van der Waals surface area contributed by atoms with E-state index in [9.17, 15) is 13.9 Å². The zero-order valence-electron chi connectivity index (χ0n) is 18.1. The molecule has 7 N–H and O–H groups in total. The lowest BCUT2D eigenvalue weighted by molar-refractivity contribution is 0.0880. The molecule has 0 atom stereocenters. The first-order chi connectivity index (χ1) is 15.1. The first-order valence-corrected chi connectivity index (χ1v) is 11.3. The van der Waals surface area contributed by atoms with Gasteiger partial charge < -0.3 is 25.8 Å². The van der Waals surface area contributed by atoms with Gasteiger partial charge in [-0.3, -0.25) is 18.6 Å². The molecule has 0 bridgehead atoms. The maximum atomic E-state index is 12.8. The van der Waals surface area contributed by atoms with Gasteiger partial charge in [-0.2, -0.15) is 0 Å². The zero-order valence-corrected chi connectivity index (χ0v) is 18.9. The number of aromatic nitrogens is 1. The molecule has 0 unspecified atom stereocenters. The van der Waals surface area contributed by atoms with Gasteiger partial charge in [0.15, 0.2) is 5.84 Å². The van der Waals surface area contributed by atoms with E-state index in [2.05, 4.69) is 24.7 Å². The second-order valence-corrected chi connectivity index (χ2v) is 9.18. The van der Waals surface area contributed by atoms with Gasteiger partial charge in [-0.05, 0) is 49.1 Å². The highest BCUT2D eigenvalue weighted by Gasteiger charge is 2.27. The van der Waals surface area contributed by atoms with Crippen LogP contribution >= 0.6 is 11.0 Å². The number of hydrogen-bond donors (Lipinski definition) is 6. The number of hydrogen-bond acceptors (Lipinski definition) is 10. The fraction of sp³-hybridized carbons (Fsp3) is 0.350. The fourth-order valence-electron chi connectivity index (χ4n) is 2.98. The molecule has 12 heteroatoms. The van der Waals surface area contributed by atoms with Gasteiger partial charge in [0.25, 0.3) is 5.91 Å². The lowest BCUT2D eigenvalue weighted by Gasteiger charge is -2.34.